The Bertz CT molecular complexity index is 2370. The van der Waals surface area contributed by atoms with Crippen LogP contribution in [0.2, 0.25) is 0 Å². The predicted molar refractivity (Wildman–Crippen MR) is 174 cm³/mol. The van der Waals surface area contributed by atoms with E-state index in [1.165, 1.54) is 5.56 Å². The Morgan fingerprint density at radius 3 is 1.98 bits per heavy atom. The second-order valence-electron chi connectivity index (χ2n) is 11.1. The van der Waals surface area contributed by atoms with Crippen molar-refractivity contribution in [3.63, 3.8) is 0 Å². The van der Waals surface area contributed by atoms with Crippen LogP contribution >= 0.6 is 0 Å². The molecule has 0 N–H and O–H groups in total. The van der Waals surface area contributed by atoms with Crippen LogP contribution in [-0.4, -0.2) is 15.0 Å². The van der Waals surface area contributed by atoms with Crippen molar-refractivity contribution in [2.75, 3.05) is 0 Å². The van der Waals surface area contributed by atoms with Crippen molar-refractivity contribution in [2.24, 2.45) is 0 Å². The number of para-hydroxylation sites is 2. The van der Waals surface area contributed by atoms with Crippen LogP contribution < -0.4 is 0 Å². The number of hydrogen-bond acceptors (Lipinski definition) is 5. The maximum Gasteiger partial charge on any atom is 0.164 e. The van der Waals surface area contributed by atoms with Crippen molar-refractivity contribution in [1.82, 2.24) is 15.0 Å². The van der Waals surface area contributed by atoms with Gasteiger partial charge in [0.15, 0.2) is 17.5 Å². The highest BCUT2D eigenvalue weighted by Gasteiger charge is 2.31. The van der Waals surface area contributed by atoms with Gasteiger partial charge in [0.25, 0.3) is 0 Å². The number of allylic oxidation sites excluding steroid dienone is 1. The molecular formula is C39H25N3O2. The van der Waals surface area contributed by atoms with Gasteiger partial charge >= 0.3 is 0 Å². The third-order valence-corrected chi connectivity index (χ3v) is 8.52. The maximum atomic E-state index is 6.61. The van der Waals surface area contributed by atoms with Gasteiger partial charge in [-0.25, -0.2) is 15.0 Å². The summed E-state index contributed by atoms with van der Waals surface area (Å²) in [4.78, 5) is 15.4. The van der Waals surface area contributed by atoms with Gasteiger partial charge in [0.05, 0.1) is 0 Å². The van der Waals surface area contributed by atoms with Crippen molar-refractivity contribution >= 4 is 38.5 Å². The number of nitrogens with zero attached hydrogens (tertiary/aromatic N) is 3. The van der Waals surface area contributed by atoms with E-state index in [2.05, 4.69) is 54.6 Å². The summed E-state index contributed by atoms with van der Waals surface area (Å²) in [6.07, 6.45) is 3.04. The van der Waals surface area contributed by atoms with Crippen LogP contribution in [0.3, 0.4) is 0 Å². The molecule has 9 rings (SSSR count). The summed E-state index contributed by atoms with van der Waals surface area (Å²) in [5.41, 5.74) is 7.57. The molecule has 0 spiro atoms. The first-order valence-corrected chi connectivity index (χ1v) is 14.8. The summed E-state index contributed by atoms with van der Waals surface area (Å²) in [6, 6.07) is 43.1. The second-order valence-corrected chi connectivity index (χ2v) is 11.1. The van der Waals surface area contributed by atoms with Crippen LogP contribution in [0.15, 0.2) is 142 Å². The molecule has 8 aromatic rings. The fraction of sp³-hybridized carbons (Fsp3) is 0.0513. The van der Waals surface area contributed by atoms with E-state index in [0.29, 0.717) is 17.5 Å². The zero-order valence-electron chi connectivity index (χ0n) is 23.6. The Labute approximate surface area is 253 Å². The van der Waals surface area contributed by atoms with Crippen molar-refractivity contribution in [2.45, 2.75) is 12.3 Å². The topological polar surface area (TPSA) is 65.0 Å². The largest absolute Gasteiger partial charge is 0.460 e. The lowest BCUT2D eigenvalue weighted by molar-refractivity contribution is 0.515. The zero-order valence-corrected chi connectivity index (χ0v) is 23.6. The lowest BCUT2D eigenvalue weighted by Gasteiger charge is -2.22. The number of aromatic nitrogens is 3. The van der Waals surface area contributed by atoms with E-state index in [1.54, 1.807) is 0 Å². The first-order valence-electron chi connectivity index (χ1n) is 14.8. The highest BCUT2D eigenvalue weighted by molar-refractivity contribution is 6.11. The Balaban J connectivity index is 1.30. The molecule has 0 fully saturated rings. The maximum absolute atomic E-state index is 6.61. The first-order chi connectivity index (χ1) is 21.8. The molecule has 1 aliphatic carbocycles. The minimum Gasteiger partial charge on any atom is -0.460 e. The average molecular weight is 568 g/mol. The molecule has 0 saturated heterocycles. The normalized spacial score (nSPS) is 14.6. The molecule has 44 heavy (non-hydrogen) atoms. The SMILES string of the molecule is C1=C(c2nc(-c3ccccc3)nc(-c3cccc4oc5ccccc5c34)n2)c2c(oc3ccccc23)C(c2ccccc2)C1. The fourth-order valence-electron chi connectivity index (χ4n) is 6.50. The van der Waals surface area contributed by atoms with E-state index in [-0.39, 0.29) is 5.92 Å². The molecule has 0 bridgehead atoms. The lowest BCUT2D eigenvalue weighted by atomic mass is 9.83. The number of benzene rings is 5. The molecule has 1 unspecified atom stereocenters. The Kier molecular flexibility index (Phi) is 5.56. The van der Waals surface area contributed by atoms with Gasteiger partial charge in [0.1, 0.15) is 22.5 Å². The van der Waals surface area contributed by atoms with E-state index in [0.717, 1.165) is 67.4 Å². The van der Waals surface area contributed by atoms with Crippen LogP contribution in [0.25, 0.3) is 61.3 Å². The molecule has 0 saturated carbocycles. The van der Waals surface area contributed by atoms with Gasteiger partial charge in [0, 0.05) is 44.3 Å². The van der Waals surface area contributed by atoms with Crippen LogP contribution in [-0.2, 0) is 0 Å². The molecule has 3 aromatic heterocycles. The fourth-order valence-corrected chi connectivity index (χ4v) is 6.50. The first kappa shape index (κ1) is 24.8. The minimum atomic E-state index is 0.100. The van der Waals surface area contributed by atoms with Crippen molar-refractivity contribution < 1.29 is 8.83 Å². The molecule has 0 radical (unpaired) electrons. The predicted octanol–water partition coefficient (Wildman–Crippen LogP) is 9.82. The number of fused-ring (bicyclic) bond motifs is 6. The van der Waals surface area contributed by atoms with Crippen LogP contribution in [0.4, 0.5) is 0 Å². The smallest absolute Gasteiger partial charge is 0.164 e. The van der Waals surface area contributed by atoms with E-state index in [1.807, 2.05) is 78.9 Å². The van der Waals surface area contributed by atoms with Gasteiger partial charge < -0.3 is 8.83 Å². The summed E-state index contributed by atoms with van der Waals surface area (Å²) in [6.45, 7) is 0. The number of hydrogen-bond donors (Lipinski definition) is 0. The Morgan fingerprint density at radius 2 is 1.16 bits per heavy atom. The third-order valence-electron chi connectivity index (χ3n) is 8.52. The van der Waals surface area contributed by atoms with Crippen molar-refractivity contribution in [3.8, 4) is 22.8 Å². The standard InChI is InChI=1S/C39H25N3O2/c1-3-12-24(13-4-1)26-22-23-30(35-28-17-8-10-20-32(28)44-36(26)35)39-41-37(25-14-5-2-6-15-25)40-38(42-39)29-18-11-21-33-34(29)27-16-7-9-19-31(27)43-33/h1-21,23,26H,22H2. The third kappa shape index (κ3) is 3.90. The average Bonchev–Trinajstić information content (AvgIpc) is 3.68. The molecule has 1 aliphatic rings. The van der Waals surface area contributed by atoms with E-state index < -0.39 is 0 Å². The van der Waals surface area contributed by atoms with E-state index >= 15 is 0 Å². The minimum absolute atomic E-state index is 0.100. The molecular weight excluding hydrogens is 542 g/mol. The van der Waals surface area contributed by atoms with E-state index in [9.17, 15) is 0 Å². The molecule has 0 amide bonds. The van der Waals surface area contributed by atoms with Gasteiger partial charge in [-0.05, 0) is 30.2 Å². The lowest BCUT2D eigenvalue weighted by Crippen LogP contribution is -2.10. The highest BCUT2D eigenvalue weighted by Crippen LogP contribution is 2.46. The van der Waals surface area contributed by atoms with Gasteiger partial charge in [-0.15, -0.1) is 0 Å². The van der Waals surface area contributed by atoms with E-state index in [4.69, 9.17) is 23.8 Å². The number of furan rings is 2. The Morgan fingerprint density at radius 1 is 0.523 bits per heavy atom. The summed E-state index contributed by atoms with van der Waals surface area (Å²) in [5.74, 6) is 2.89. The monoisotopic (exact) mass is 567 g/mol. The zero-order chi connectivity index (χ0) is 29.0. The van der Waals surface area contributed by atoms with Gasteiger partial charge in [-0.2, -0.15) is 0 Å². The van der Waals surface area contributed by atoms with Crippen molar-refractivity contribution in [1.29, 1.82) is 0 Å². The molecule has 0 aliphatic heterocycles. The summed E-state index contributed by atoms with van der Waals surface area (Å²) >= 11 is 0. The molecule has 1 atom stereocenters. The second kappa shape index (κ2) is 9.89. The van der Waals surface area contributed by atoms with Crippen LogP contribution in [0, 0.1) is 0 Å². The molecule has 208 valence electrons. The van der Waals surface area contributed by atoms with Crippen molar-refractivity contribution in [3.05, 3.63) is 156 Å². The molecule has 5 heteroatoms. The van der Waals surface area contributed by atoms with Crippen LogP contribution in [0.5, 0.6) is 0 Å². The van der Waals surface area contributed by atoms with Crippen LogP contribution in [0.1, 0.15) is 35.1 Å². The van der Waals surface area contributed by atoms with Gasteiger partial charge in [0.2, 0.25) is 0 Å². The molecule has 3 heterocycles. The van der Waals surface area contributed by atoms with Gasteiger partial charge in [-0.3, -0.25) is 0 Å². The van der Waals surface area contributed by atoms with Gasteiger partial charge in [-0.1, -0.05) is 115 Å². The number of rotatable bonds is 4. The quantitative estimate of drug-likeness (QED) is 0.212. The summed E-state index contributed by atoms with van der Waals surface area (Å²) in [5, 5.41) is 3.09. The summed E-state index contributed by atoms with van der Waals surface area (Å²) in [7, 11) is 0. The molecule has 5 aromatic carbocycles. The Hall–Kier alpha value is -5.81. The highest BCUT2D eigenvalue weighted by atomic mass is 16.3. The summed E-state index contributed by atoms with van der Waals surface area (Å²) < 4.78 is 12.8. The molecule has 5 nitrogen and oxygen atoms in total.